The van der Waals surface area contributed by atoms with Gasteiger partial charge >= 0.3 is 0 Å². The molecule has 0 aliphatic heterocycles. The average Bonchev–Trinajstić information content (AvgIpc) is 3.00. The predicted molar refractivity (Wildman–Crippen MR) is 101 cm³/mol. The van der Waals surface area contributed by atoms with Crippen LogP contribution in [0.2, 0.25) is 0 Å². The third-order valence-electron chi connectivity index (χ3n) is 4.02. The summed E-state index contributed by atoms with van der Waals surface area (Å²) in [6, 6.07) is 16.1. The molecule has 3 aromatic rings. The van der Waals surface area contributed by atoms with Crippen LogP contribution in [0.4, 0.5) is 5.69 Å². The number of aromatic nitrogens is 1. The van der Waals surface area contributed by atoms with E-state index in [0.717, 1.165) is 22.2 Å². The molecule has 3 rings (SSSR count). The summed E-state index contributed by atoms with van der Waals surface area (Å²) in [4.78, 5) is 15.2. The molecule has 0 atom stereocenters. The molecule has 0 bridgehead atoms. The molecule has 0 aliphatic rings. The van der Waals surface area contributed by atoms with Gasteiger partial charge in [0.25, 0.3) is 0 Å². The van der Waals surface area contributed by atoms with Crippen molar-refractivity contribution in [1.29, 1.82) is 0 Å². The van der Waals surface area contributed by atoms with E-state index in [1.54, 1.807) is 6.08 Å². The van der Waals surface area contributed by atoms with E-state index in [0.29, 0.717) is 0 Å². The second-order valence-electron chi connectivity index (χ2n) is 6.97. The van der Waals surface area contributed by atoms with E-state index in [-0.39, 0.29) is 11.3 Å². The summed E-state index contributed by atoms with van der Waals surface area (Å²) < 4.78 is 0. The number of aromatic amines is 1. The highest BCUT2D eigenvalue weighted by atomic mass is 16.1. The van der Waals surface area contributed by atoms with Gasteiger partial charge in [-0.05, 0) is 46.9 Å². The molecule has 3 nitrogen and oxygen atoms in total. The maximum Gasteiger partial charge on any atom is 0.248 e. The van der Waals surface area contributed by atoms with Crippen molar-refractivity contribution in [2.75, 3.05) is 5.32 Å². The van der Waals surface area contributed by atoms with Gasteiger partial charge in [-0.25, -0.2) is 0 Å². The molecule has 0 radical (unpaired) electrons. The number of hydrogen-bond donors (Lipinski definition) is 2. The van der Waals surface area contributed by atoms with Crippen molar-refractivity contribution in [3.63, 3.8) is 0 Å². The smallest absolute Gasteiger partial charge is 0.248 e. The Hall–Kier alpha value is -2.81. The summed E-state index contributed by atoms with van der Waals surface area (Å²) in [6.45, 7) is 6.56. The van der Waals surface area contributed by atoms with Crippen LogP contribution in [0.1, 0.15) is 31.9 Å². The van der Waals surface area contributed by atoms with Gasteiger partial charge in [0.1, 0.15) is 0 Å². The first-order valence-corrected chi connectivity index (χ1v) is 8.08. The highest BCUT2D eigenvalue weighted by Gasteiger charge is 2.12. The van der Waals surface area contributed by atoms with Crippen molar-refractivity contribution in [2.24, 2.45) is 0 Å². The van der Waals surface area contributed by atoms with Crippen molar-refractivity contribution >= 4 is 28.6 Å². The molecule has 3 heteroatoms. The van der Waals surface area contributed by atoms with Gasteiger partial charge < -0.3 is 10.3 Å². The van der Waals surface area contributed by atoms with Crippen LogP contribution in [0.3, 0.4) is 0 Å². The van der Waals surface area contributed by atoms with Crippen molar-refractivity contribution in [3.8, 4) is 0 Å². The standard InChI is InChI=1S/C21H22N2O/c1-21(2,3)17-7-4-15(5-8-17)6-11-20(24)23-18-9-10-19-16(14-18)12-13-22-19/h4-14,22H,1-3H3,(H,23,24). The maximum atomic E-state index is 12.1. The van der Waals surface area contributed by atoms with E-state index in [1.807, 2.05) is 48.7 Å². The quantitative estimate of drug-likeness (QED) is 0.647. The number of H-pyrrole nitrogens is 1. The fourth-order valence-electron chi connectivity index (χ4n) is 2.58. The topological polar surface area (TPSA) is 44.9 Å². The lowest BCUT2D eigenvalue weighted by Crippen LogP contribution is -2.10. The van der Waals surface area contributed by atoms with E-state index >= 15 is 0 Å². The summed E-state index contributed by atoms with van der Waals surface area (Å²) >= 11 is 0. The monoisotopic (exact) mass is 318 g/mol. The SMILES string of the molecule is CC(C)(C)c1ccc(C=CC(=O)Nc2ccc3[nH]ccc3c2)cc1. The molecule has 0 saturated carbocycles. The number of hydrogen-bond acceptors (Lipinski definition) is 1. The van der Waals surface area contributed by atoms with Gasteiger partial charge in [-0.2, -0.15) is 0 Å². The minimum Gasteiger partial charge on any atom is -0.361 e. The van der Waals surface area contributed by atoms with E-state index in [4.69, 9.17) is 0 Å². The van der Waals surface area contributed by atoms with Crippen LogP contribution in [0, 0.1) is 0 Å². The summed E-state index contributed by atoms with van der Waals surface area (Å²) in [5.41, 5.74) is 4.28. The molecular weight excluding hydrogens is 296 g/mol. The zero-order chi connectivity index (χ0) is 17.2. The van der Waals surface area contributed by atoms with Crippen LogP contribution >= 0.6 is 0 Å². The first-order valence-electron chi connectivity index (χ1n) is 8.08. The minimum absolute atomic E-state index is 0.134. The van der Waals surface area contributed by atoms with Crippen molar-refractivity contribution in [1.82, 2.24) is 4.98 Å². The van der Waals surface area contributed by atoms with Crippen LogP contribution in [0.25, 0.3) is 17.0 Å². The Bertz CT molecular complexity index is 880. The molecule has 0 saturated heterocycles. The molecule has 2 aromatic carbocycles. The van der Waals surface area contributed by atoms with Crippen molar-refractivity contribution < 1.29 is 4.79 Å². The summed E-state index contributed by atoms with van der Waals surface area (Å²) in [5, 5.41) is 3.97. The molecule has 2 N–H and O–H groups in total. The Morgan fingerprint density at radius 1 is 1.04 bits per heavy atom. The second kappa shape index (κ2) is 6.36. The molecule has 0 unspecified atom stereocenters. The first kappa shape index (κ1) is 16.1. The zero-order valence-corrected chi connectivity index (χ0v) is 14.3. The molecule has 1 heterocycles. The second-order valence-corrected chi connectivity index (χ2v) is 6.97. The van der Waals surface area contributed by atoms with Crippen molar-refractivity contribution in [2.45, 2.75) is 26.2 Å². The van der Waals surface area contributed by atoms with Gasteiger partial charge in [-0.1, -0.05) is 45.0 Å². The van der Waals surface area contributed by atoms with E-state index in [9.17, 15) is 4.79 Å². The number of carbonyl (C=O) groups is 1. The summed E-state index contributed by atoms with van der Waals surface area (Å²) in [6.07, 6.45) is 5.28. The van der Waals surface area contributed by atoms with E-state index in [1.165, 1.54) is 5.56 Å². The van der Waals surface area contributed by atoms with Crippen LogP contribution in [-0.2, 0) is 10.2 Å². The number of carbonyl (C=O) groups excluding carboxylic acids is 1. The van der Waals surface area contributed by atoms with Crippen molar-refractivity contribution in [3.05, 3.63) is 71.9 Å². The van der Waals surface area contributed by atoms with Crippen LogP contribution in [0.5, 0.6) is 0 Å². The van der Waals surface area contributed by atoms with Gasteiger partial charge in [0, 0.05) is 28.9 Å². The van der Waals surface area contributed by atoms with Gasteiger partial charge in [-0.15, -0.1) is 0 Å². The van der Waals surface area contributed by atoms with Gasteiger partial charge in [-0.3, -0.25) is 4.79 Å². The Balaban J connectivity index is 1.66. The number of fused-ring (bicyclic) bond motifs is 1. The van der Waals surface area contributed by atoms with Gasteiger partial charge in [0.2, 0.25) is 5.91 Å². The lowest BCUT2D eigenvalue weighted by Gasteiger charge is -2.18. The number of anilines is 1. The fraction of sp³-hybridized carbons (Fsp3) is 0.190. The summed E-state index contributed by atoms with van der Waals surface area (Å²) in [5.74, 6) is -0.134. The number of benzene rings is 2. The lowest BCUT2D eigenvalue weighted by molar-refractivity contribution is -0.111. The highest BCUT2D eigenvalue weighted by molar-refractivity contribution is 6.02. The third kappa shape index (κ3) is 3.74. The molecule has 1 amide bonds. The van der Waals surface area contributed by atoms with Crippen LogP contribution < -0.4 is 5.32 Å². The van der Waals surface area contributed by atoms with E-state index < -0.39 is 0 Å². The lowest BCUT2D eigenvalue weighted by atomic mass is 9.87. The number of rotatable bonds is 3. The van der Waals surface area contributed by atoms with Crippen LogP contribution in [0.15, 0.2) is 60.8 Å². The Labute approximate surface area is 142 Å². The molecule has 0 spiro atoms. The maximum absolute atomic E-state index is 12.1. The molecule has 24 heavy (non-hydrogen) atoms. The highest BCUT2D eigenvalue weighted by Crippen LogP contribution is 2.22. The minimum atomic E-state index is -0.134. The molecule has 0 fully saturated rings. The number of amides is 1. The first-order chi connectivity index (χ1) is 11.4. The molecule has 122 valence electrons. The number of nitrogens with one attached hydrogen (secondary N) is 2. The molecular formula is C21H22N2O. The van der Waals surface area contributed by atoms with Gasteiger partial charge in [0.05, 0.1) is 0 Å². The molecule has 1 aromatic heterocycles. The fourth-order valence-corrected chi connectivity index (χ4v) is 2.58. The Morgan fingerprint density at radius 3 is 2.50 bits per heavy atom. The van der Waals surface area contributed by atoms with Gasteiger partial charge in [0.15, 0.2) is 0 Å². The van der Waals surface area contributed by atoms with Crippen LogP contribution in [-0.4, -0.2) is 10.9 Å². The average molecular weight is 318 g/mol. The predicted octanol–water partition coefficient (Wildman–Crippen LogP) is 5.12. The zero-order valence-electron chi connectivity index (χ0n) is 14.3. The summed E-state index contributed by atoms with van der Waals surface area (Å²) in [7, 11) is 0. The third-order valence-corrected chi connectivity index (χ3v) is 4.02. The normalized spacial score (nSPS) is 12.0. The largest absolute Gasteiger partial charge is 0.361 e. The Kier molecular flexibility index (Phi) is 4.26. The Morgan fingerprint density at radius 2 is 1.79 bits per heavy atom. The molecule has 0 aliphatic carbocycles. The van der Waals surface area contributed by atoms with E-state index in [2.05, 4.69) is 43.2 Å².